The largest absolute Gasteiger partial charge is 0.192 e. The standard InChI is InChI=1S/C8H5BrClN/c1-5-2-3-7(10)6(4-11)8(5)9/h2-3H,1H3. The lowest BCUT2D eigenvalue weighted by atomic mass is 10.1. The van der Waals surface area contributed by atoms with Gasteiger partial charge in [-0.2, -0.15) is 5.26 Å². The Morgan fingerprint density at radius 3 is 2.64 bits per heavy atom. The summed E-state index contributed by atoms with van der Waals surface area (Å²) in [6.07, 6.45) is 0. The third kappa shape index (κ3) is 1.55. The number of hydrogen-bond acceptors (Lipinski definition) is 1. The van der Waals surface area contributed by atoms with E-state index in [-0.39, 0.29) is 0 Å². The normalized spacial score (nSPS) is 9.27. The van der Waals surface area contributed by atoms with Gasteiger partial charge in [-0.15, -0.1) is 0 Å². The molecule has 1 aromatic rings. The average Bonchev–Trinajstić information content (AvgIpc) is 1.99. The van der Waals surface area contributed by atoms with Gasteiger partial charge >= 0.3 is 0 Å². The van der Waals surface area contributed by atoms with E-state index in [0.717, 1.165) is 10.0 Å². The lowest BCUT2D eigenvalue weighted by Crippen LogP contribution is -1.83. The molecular weight excluding hydrogens is 225 g/mol. The minimum atomic E-state index is 0.491. The van der Waals surface area contributed by atoms with E-state index in [1.165, 1.54) is 0 Å². The molecule has 0 unspecified atom stereocenters. The van der Waals surface area contributed by atoms with Gasteiger partial charge in [0, 0.05) is 4.47 Å². The molecule has 1 rings (SSSR count). The smallest absolute Gasteiger partial charge is 0.102 e. The van der Waals surface area contributed by atoms with Crippen LogP contribution in [0.3, 0.4) is 0 Å². The summed E-state index contributed by atoms with van der Waals surface area (Å²) in [6.45, 7) is 1.92. The Balaban J connectivity index is 3.44. The van der Waals surface area contributed by atoms with E-state index >= 15 is 0 Å². The molecule has 0 aliphatic rings. The lowest BCUT2D eigenvalue weighted by molar-refractivity contribution is 1.38. The minimum Gasteiger partial charge on any atom is -0.192 e. The summed E-state index contributed by atoms with van der Waals surface area (Å²) in [5.41, 5.74) is 1.53. The fourth-order valence-corrected chi connectivity index (χ4v) is 1.51. The lowest BCUT2D eigenvalue weighted by Gasteiger charge is -2.00. The first kappa shape index (κ1) is 8.58. The Kier molecular flexibility index (Phi) is 2.53. The predicted octanol–water partition coefficient (Wildman–Crippen LogP) is 3.28. The average molecular weight is 230 g/mol. The van der Waals surface area contributed by atoms with Gasteiger partial charge in [0.2, 0.25) is 0 Å². The Morgan fingerprint density at radius 1 is 1.55 bits per heavy atom. The molecule has 1 aromatic carbocycles. The second-order valence-electron chi connectivity index (χ2n) is 2.17. The zero-order valence-electron chi connectivity index (χ0n) is 5.86. The van der Waals surface area contributed by atoms with Crippen molar-refractivity contribution in [1.29, 1.82) is 5.26 Å². The van der Waals surface area contributed by atoms with Crippen LogP contribution in [0.1, 0.15) is 11.1 Å². The van der Waals surface area contributed by atoms with Gasteiger partial charge in [-0.1, -0.05) is 17.7 Å². The second kappa shape index (κ2) is 3.25. The van der Waals surface area contributed by atoms with Crippen molar-refractivity contribution in [2.45, 2.75) is 6.92 Å². The molecule has 0 saturated carbocycles. The molecule has 0 fully saturated rings. The van der Waals surface area contributed by atoms with Gasteiger partial charge in [0.1, 0.15) is 6.07 Å². The fraction of sp³-hybridized carbons (Fsp3) is 0.125. The van der Waals surface area contributed by atoms with Crippen LogP contribution in [0.5, 0.6) is 0 Å². The molecule has 0 bridgehead atoms. The fourth-order valence-electron chi connectivity index (χ4n) is 0.759. The van der Waals surface area contributed by atoms with Crippen LogP contribution in [0.15, 0.2) is 16.6 Å². The van der Waals surface area contributed by atoms with Crippen molar-refractivity contribution in [3.8, 4) is 6.07 Å². The molecule has 11 heavy (non-hydrogen) atoms. The van der Waals surface area contributed by atoms with E-state index in [0.29, 0.717) is 10.6 Å². The first-order chi connectivity index (χ1) is 5.16. The number of halogens is 2. The molecule has 0 saturated heterocycles. The van der Waals surface area contributed by atoms with Crippen LogP contribution >= 0.6 is 27.5 Å². The van der Waals surface area contributed by atoms with Crippen molar-refractivity contribution < 1.29 is 0 Å². The first-order valence-corrected chi connectivity index (χ1v) is 4.18. The molecular formula is C8H5BrClN. The Hall–Kier alpha value is -0.520. The Morgan fingerprint density at radius 2 is 2.18 bits per heavy atom. The molecule has 56 valence electrons. The molecule has 0 spiro atoms. The van der Waals surface area contributed by atoms with Crippen molar-refractivity contribution >= 4 is 27.5 Å². The number of aryl methyl sites for hydroxylation is 1. The van der Waals surface area contributed by atoms with Crippen molar-refractivity contribution in [3.63, 3.8) is 0 Å². The maximum Gasteiger partial charge on any atom is 0.102 e. The second-order valence-corrected chi connectivity index (χ2v) is 3.37. The van der Waals surface area contributed by atoms with Gasteiger partial charge < -0.3 is 0 Å². The maximum atomic E-state index is 8.66. The molecule has 0 aromatic heterocycles. The summed E-state index contributed by atoms with van der Waals surface area (Å²) in [7, 11) is 0. The number of nitrogens with zero attached hydrogens (tertiary/aromatic N) is 1. The zero-order valence-corrected chi connectivity index (χ0v) is 8.20. The maximum absolute atomic E-state index is 8.66. The Bertz CT molecular complexity index is 328. The molecule has 0 aliphatic carbocycles. The van der Waals surface area contributed by atoms with Crippen molar-refractivity contribution in [3.05, 3.63) is 32.8 Å². The molecule has 0 radical (unpaired) electrons. The van der Waals surface area contributed by atoms with Crippen LogP contribution in [-0.4, -0.2) is 0 Å². The summed E-state index contributed by atoms with van der Waals surface area (Å²) in [6, 6.07) is 5.62. The van der Waals surface area contributed by atoms with E-state index in [1.807, 2.05) is 19.1 Å². The van der Waals surface area contributed by atoms with E-state index in [1.54, 1.807) is 6.07 Å². The van der Waals surface area contributed by atoms with Gasteiger partial charge in [-0.3, -0.25) is 0 Å². The third-order valence-corrected chi connectivity index (χ3v) is 2.73. The highest BCUT2D eigenvalue weighted by Crippen LogP contribution is 2.26. The quantitative estimate of drug-likeness (QED) is 0.671. The molecule has 0 N–H and O–H groups in total. The summed E-state index contributed by atoms with van der Waals surface area (Å²) in [4.78, 5) is 0. The summed E-state index contributed by atoms with van der Waals surface area (Å²) in [5.74, 6) is 0. The van der Waals surface area contributed by atoms with E-state index < -0.39 is 0 Å². The van der Waals surface area contributed by atoms with Gasteiger partial charge in [0.05, 0.1) is 10.6 Å². The van der Waals surface area contributed by atoms with E-state index in [9.17, 15) is 0 Å². The predicted molar refractivity (Wildman–Crippen MR) is 48.6 cm³/mol. The molecule has 0 heterocycles. The molecule has 3 heteroatoms. The van der Waals surface area contributed by atoms with Gasteiger partial charge in [0.25, 0.3) is 0 Å². The number of benzene rings is 1. The van der Waals surface area contributed by atoms with Crippen LogP contribution in [0, 0.1) is 18.3 Å². The molecule has 0 aliphatic heterocycles. The van der Waals surface area contributed by atoms with E-state index in [2.05, 4.69) is 15.9 Å². The number of hydrogen-bond donors (Lipinski definition) is 0. The number of rotatable bonds is 0. The van der Waals surface area contributed by atoms with Gasteiger partial charge in [0.15, 0.2) is 0 Å². The van der Waals surface area contributed by atoms with Crippen LogP contribution in [0.25, 0.3) is 0 Å². The minimum absolute atomic E-state index is 0.491. The van der Waals surface area contributed by atoms with Crippen molar-refractivity contribution in [1.82, 2.24) is 0 Å². The van der Waals surface area contributed by atoms with E-state index in [4.69, 9.17) is 16.9 Å². The SMILES string of the molecule is Cc1ccc(Cl)c(C#N)c1Br. The van der Waals surface area contributed by atoms with Crippen LogP contribution in [0.2, 0.25) is 5.02 Å². The number of nitriles is 1. The highest BCUT2D eigenvalue weighted by molar-refractivity contribution is 9.10. The highest BCUT2D eigenvalue weighted by atomic mass is 79.9. The first-order valence-electron chi connectivity index (χ1n) is 3.01. The molecule has 0 amide bonds. The summed E-state index contributed by atoms with van der Waals surface area (Å²) in [5, 5.41) is 9.15. The van der Waals surface area contributed by atoms with Crippen LogP contribution in [0.4, 0.5) is 0 Å². The Labute approximate surface area is 78.7 Å². The van der Waals surface area contributed by atoms with Crippen LogP contribution in [-0.2, 0) is 0 Å². The third-order valence-electron chi connectivity index (χ3n) is 1.40. The van der Waals surface area contributed by atoms with Gasteiger partial charge in [-0.25, -0.2) is 0 Å². The zero-order chi connectivity index (χ0) is 8.43. The van der Waals surface area contributed by atoms with Crippen molar-refractivity contribution in [2.75, 3.05) is 0 Å². The summed E-state index contributed by atoms with van der Waals surface area (Å²) >= 11 is 9.03. The van der Waals surface area contributed by atoms with Crippen molar-refractivity contribution in [2.24, 2.45) is 0 Å². The van der Waals surface area contributed by atoms with Gasteiger partial charge in [-0.05, 0) is 34.5 Å². The summed E-state index contributed by atoms with van der Waals surface area (Å²) < 4.78 is 0.785. The monoisotopic (exact) mass is 229 g/mol. The highest BCUT2D eigenvalue weighted by Gasteiger charge is 2.05. The molecule has 1 nitrogen and oxygen atoms in total. The topological polar surface area (TPSA) is 23.8 Å². The van der Waals surface area contributed by atoms with Crippen LogP contribution < -0.4 is 0 Å². The molecule has 0 atom stereocenters.